The van der Waals surface area contributed by atoms with Crippen molar-refractivity contribution < 1.29 is 42.1 Å². The van der Waals surface area contributed by atoms with Gasteiger partial charge in [0.15, 0.2) is 6.10 Å². The van der Waals surface area contributed by atoms with Crippen molar-refractivity contribution in [1.82, 2.24) is 0 Å². The molecule has 0 heterocycles. The number of phosphoric ester groups is 1. The summed E-state index contributed by atoms with van der Waals surface area (Å²) in [7, 11) is 1.07. The molecule has 0 fully saturated rings. The lowest BCUT2D eigenvalue weighted by molar-refractivity contribution is -0.870. The quantitative estimate of drug-likeness (QED) is 0.0152. The summed E-state index contributed by atoms with van der Waals surface area (Å²) < 4.78 is 33.5. The van der Waals surface area contributed by atoms with Gasteiger partial charge in [-0.2, -0.15) is 0 Å². The van der Waals surface area contributed by atoms with Gasteiger partial charge in [-0.05, 0) is 25.7 Å². The Balaban J connectivity index is 4.58. The number of allylic oxidation sites excluding steroid dienone is 6. The largest absolute Gasteiger partial charge is 0.756 e. The topological polar surface area (TPSA) is 111 Å². The Kier molecular flexibility index (Phi) is 35.2. The van der Waals surface area contributed by atoms with Crippen molar-refractivity contribution in [3.05, 3.63) is 48.6 Å². The number of hydrogen-bond acceptors (Lipinski definition) is 8. The van der Waals surface area contributed by atoms with Crippen molar-refractivity contribution >= 4 is 19.8 Å². The van der Waals surface area contributed by atoms with Crippen LogP contribution < -0.4 is 4.89 Å². The zero-order valence-electron chi connectivity index (χ0n) is 35.2. The molecule has 0 spiro atoms. The SMILES string of the molecule is CCCCCCCCCCCC=CC=CC=CC(=O)O[C@H](COC(=O)C=CCCCCCCCCCCCCCCC)COP(=O)([O-])OCC[N+](C)(C)C. The molecule has 0 radical (unpaired) electrons. The van der Waals surface area contributed by atoms with E-state index < -0.39 is 32.5 Å². The van der Waals surface area contributed by atoms with Gasteiger partial charge >= 0.3 is 11.9 Å². The normalized spacial score (nSPS) is 14.1. The van der Waals surface area contributed by atoms with Gasteiger partial charge in [0, 0.05) is 12.2 Å². The van der Waals surface area contributed by atoms with Gasteiger partial charge in [0.05, 0.1) is 27.7 Å². The standard InChI is InChI=1S/C44H80NO8P/c1-6-8-10-12-14-16-18-20-22-24-26-28-30-32-34-36-43(46)50-40-42(41-52-54(48,49)51-39-38-45(3,4)5)53-44(47)37-35-33-31-29-27-25-23-21-19-17-15-13-11-9-7-2/h27,29,31,33-37,42H,6-26,28,30,32,38-41H2,1-5H3/t42-/m1/s1. The van der Waals surface area contributed by atoms with E-state index in [1.807, 2.05) is 33.3 Å². The molecule has 314 valence electrons. The molecule has 0 bridgehead atoms. The van der Waals surface area contributed by atoms with Crippen molar-refractivity contribution in [3.63, 3.8) is 0 Å². The van der Waals surface area contributed by atoms with Crippen LogP contribution in [0.3, 0.4) is 0 Å². The first-order valence-electron chi connectivity index (χ1n) is 21.4. The zero-order chi connectivity index (χ0) is 40.0. The maximum absolute atomic E-state index is 12.5. The molecule has 0 aliphatic carbocycles. The summed E-state index contributed by atoms with van der Waals surface area (Å²) >= 11 is 0. The number of hydrogen-bond donors (Lipinski definition) is 0. The molecule has 0 saturated carbocycles. The molecule has 1 unspecified atom stereocenters. The average Bonchev–Trinajstić information content (AvgIpc) is 3.12. The molecule has 0 aromatic carbocycles. The van der Waals surface area contributed by atoms with Gasteiger partial charge in [-0.1, -0.05) is 179 Å². The summed E-state index contributed by atoms with van der Waals surface area (Å²) in [5.74, 6) is -1.31. The third-order valence-corrected chi connectivity index (χ3v) is 9.99. The summed E-state index contributed by atoms with van der Waals surface area (Å²) in [5.41, 5.74) is 0. The first-order chi connectivity index (χ1) is 26.0. The predicted octanol–water partition coefficient (Wildman–Crippen LogP) is 11.3. The Hall–Kier alpha value is -2.03. The van der Waals surface area contributed by atoms with Crippen LogP contribution in [0.15, 0.2) is 48.6 Å². The van der Waals surface area contributed by atoms with Gasteiger partial charge < -0.3 is 27.9 Å². The lowest BCUT2D eigenvalue weighted by Gasteiger charge is -2.28. The second-order valence-electron chi connectivity index (χ2n) is 15.5. The van der Waals surface area contributed by atoms with Crippen LogP contribution in [0.25, 0.3) is 0 Å². The van der Waals surface area contributed by atoms with Crippen molar-refractivity contribution in [2.75, 3.05) is 47.5 Å². The van der Waals surface area contributed by atoms with E-state index in [9.17, 15) is 19.0 Å². The van der Waals surface area contributed by atoms with E-state index in [4.69, 9.17) is 18.5 Å². The number of esters is 2. The second-order valence-corrected chi connectivity index (χ2v) is 16.9. The molecule has 0 aliphatic heterocycles. The van der Waals surface area contributed by atoms with Crippen molar-refractivity contribution in [1.29, 1.82) is 0 Å². The molecule has 0 aliphatic rings. The third kappa shape index (κ3) is 39.7. The molecular formula is C44H80NO8P. The second kappa shape index (κ2) is 36.6. The number of carbonyl (C=O) groups excluding carboxylic acids is 2. The van der Waals surface area contributed by atoms with E-state index >= 15 is 0 Å². The number of ether oxygens (including phenoxy) is 2. The summed E-state index contributed by atoms with van der Waals surface area (Å²) in [4.78, 5) is 37.2. The highest BCUT2D eigenvalue weighted by molar-refractivity contribution is 7.45. The molecule has 0 aromatic rings. The summed E-state index contributed by atoms with van der Waals surface area (Å²) in [5, 5.41) is 0. The van der Waals surface area contributed by atoms with Gasteiger partial charge in [0.1, 0.15) is 19.8 Å². The number of phosphoric acid groups is 1. The van der Waals surface area contributed by atoms with Gasteiger partial charge in [-0.3, -0.25) is 4.57 Å². The fraction of sp³-hybridized carbons (Fsp3) is 0.773. The monoisotopic (exact) mass is 782 g/mol. The summed E-state index contributed by atoms with van der Waals surface area (Å²) in [6, 6.07) is 0. The van der Waals surface area contributed by atoms with Crippen LogP contribution in [0.4, 0.5) is 0 Å². The van der Waals surface area contributed by atoms with Gasteiger partial charge in [0.25, 0.3) is 7.82 Å². The number of quaternary nitrogens is 1. The molecule has 54 heavy (non-hydrogen) atoms. The van der Waals surface area contributed by atoms with Crippen LogP contribution in [0.5, 0.6) is 0 Å². The number of carbonyl (C=O) groups is 2. The highest BCUT2D eigenvalue weighted by Gasteiger charge is 2.20. The molecule has 0 aromatic heterocycles. The Morgan fingerprint density at radius 3 is 1.54 bits per heavy atom. The number of rotatable bonds is 38. The van der Waals surface area contributed by atoms with Crippen LogP contribution in [-0.4, -0.2) is 70.0 Å². The minimum absolute atomic E-state index is 0.0590. The van der Waals surface area contributed by atoms with Crippen molar-refractivity contribution in [3.8, 4) is 0 Å². The van der Waals surface area contributed by atoms with E-state index in [2.05, 4.69) is 19.9 Å². The van der Waals surface area contributed by atoms with E-state index in [0.29, 0.717) is 11.0 Å². The third-order valence-electron chi connectivity index (χ3n) is 9.03. The Morgan fingerprint density at radius 1 is 0.574 bits per heavy atom. The lowest BCUT2D eigenvalue weighted by atomic mass is 10.0. The highest BCUT2D eigenvalue weighted by Crippen LogP contribution is 2.38. The maximum atomic E-state index is 12.5. The predicted molar refractivity (Wildman–Crippen MR) is 222 cm³/mol. The van der Waals surface area contributed by atoms with Crippen molar-refractivity contribution in [2.24, 2.45) is 0 Å². The lowest BCUT2D eigenvalue weighted by Crippen LogP contribution is -2.37. The van der Waals surface area contributed by atoms with Gasteiger partial charge in [-0.25, -0.2) is 9.59 Å². The number of nitrogens with zero attached hydrogens (tertiary/aromatic N) is 1. The Bertz CT molecular complexity index is 1070. The molecule has 9 nitrogen and oxygen atoms in total. The number of likely N-dealkylation sites (N-methyl/N-ethyl adjacent to an activating group) is 1. The highest BCUT2D eigenvalue weighted by atomic mass is 31.2. The van der Waals surface area contributed by atoms with E-state index in [1.54, 1.807) is 18.2 Å². The molecule has 0 N–H and O–H groups in total. The number of unbranched alkanes of at least 4 members (excludes halogenated alkanes) is 22. The van der Waals surface area contributed by atoms with Crippen LogP contribution >= 0.6 is 7.82 Å². The van der Waals surface area contributed by atoms with Crippen LogP contribution in [0.2, 0.25) is 0 Å². The molecule has 10 heteroatoms. The molecule has 0 saturated heterocycles. The fourth-order valence-electron chi connectivity index (χ4n) is 5.65. The Labute approximate surface area is 331 Å². The first-order valence-corrected chi connectivity index (χ1v) is 22.9. The summed E-state index contributed by atoms with van der Waals surface area (Å²) in [6.07, 6.45) is 42.6. The van der Waals surface area contributed by atoms with Crippen LogP contribution in [0.1, 0.15) is 168 Å². The van der Waals surface area contributed by atoms with E-state index in [-0.39, 0.29) is 13.2 Å². The van der Waals surface area contributed by atoms with Crippen molar-refractivity contribution in [2.45, 2.75) is 174 Å². The molecular weight excluding hydrogens is 701 g/mol. The minimum atomic E-state index is -4.67. The minimum Gasteiger partial charge on any atom is -0.756 e. The molecule has 2 atom stereocenters. The van der Waals surface area contributed by atoms with Gasteiger partial charge in [0.2, 0.25) is 0 Å². The van der Waals surface area contributed by atoms with Crippen LogP contribution in [0, 0.1) is 0 Å². The average molecular weight is 782 g/mol. The van der Waals surface area contributed by atoms with Crippen LogP contribution in [-0.2, 0) is 32.7 Å². The Morgan fingerprint density at radius 2 is 1.04 bits per heavy atom. The summed E-state index contributed by atoms with van der Waals surface area (Å²) in [6.45, 7) is 3.98. The first kappa shape index (κ1) is 52.0. The molecule has 0 amide bonds. The van der Waals surface area contributed by atoms with Gasteiger partial charge in [-0.15, -0.1) is 0 Å². The van der Waals surface area contributed by atoms with E-state index in [1.165, 1.54) is 141 Å². The smallest absolute Gasteiger partial charge is 0.331 e. The zero-order valence-corrected chi connectivity index (χ0v) is 36.0. The van der Waals surface area contributed by atoms with E-state index in [0.717, 1.165) is 25.7 Å². The molecule has 0 rings (SSSR count). The maximum Gasteiger partial charge on any atom is 0.331 e. The fourth-order valence-corrected chi connectivity index (χ4v) is 6.38.